The van der Waals surface area contributed by atoms with Crippen LogP contribution in [0, 0.1) is 0 Å². The van der Waals surface area contributed by atoms with Crippen LogP contribution in [0.25, 0.3) is 21.9 Å². The first kappa shape index (κ1) is 19.6. The van der Waals surface area contributed by atoms with Gasteiger partial charge < -0.3 is 24.1 Å². The molecule has 0 unspecified atom stereocenters. The summed E-state index contributed by atoms with van der Waals surface area (Å²) in [5.41, 5.74) is 1.70. The van der Waals surface area contributed by atoms with E-state index in [1.165, 1.54) is 31.9 Å². The number of fused-ring (bicyclic) bond motifs is 2. The van der Waals surface area contributed by atoms with E-state index in [0.717, 1.165) is 6.42 Å². The third-order valence-corrected chi connectivity index (χ3v) is 5.25. The third kappa shape index (κ3) is 3.41. The van der Waals surface area contributed by atoms with E-state index in [1.807, 2.05) is 30.3 Å². The van der Waals surface area contributed by atoms with Gasteiger partial charge in [0, 0.05) is 23.8 Å². The molecule has 4 rings (SSSR count). The van der Waals surface area contributed by atoms with E-state index < -0.39 is 5.43 Å². The van der Waals surface area contributed by atoms with Crippen LogP contribution in [-0.2, 0) is 12.8 Å². The molecular weight excluding hydrogens is 384 g/mol. The molecule has 0 atom stereocenters. The number of ether oxygens (including phenoxy) is 2. The summed E-state index contributed by atoms with van der Waals surface area (Å²) in [5.74, 6) is 0.284. The lowest BCUT2D eigenvalue weighted by molar-refractivity contribution is 0.370. The molecule has 0 aliphatic carbocycles. The average molecular weight is 406 g/mol. The van der Waals surface area contributed by atoms with Crippen molar-refractivity contribution in [2.45, 2.75) is 19.3 Å². The number of hydrogen-bond donors (Lipinski definition) is 2. The highest BCUT2D eigenvalue weighted by Crippen LogP contribution is 2.39. The minimum absolute atomic E-state index is 0.0529. The molecule has 1 aromatic heterocycles. The minimum atomic E-state index is -0.404. The van der Waals surface area contributed by atoms with Crippen molar-refractivity contribution in [3.05, 3.63) is 69.9 Å². The summed E-state index contributed by atoms with van der Waals surface area (Å²) in [4.78, 5) is 13.3. The number of hydrogen-bond acceptors (Lipinski definition) is 6. The lowest BCUT2D eigenvalue weighted by Gasteiger charge is -2.13. The Labute approximate surface area is 172 Å². The fourth-order valence-electron chi connectivity index (χ4n) is 3.76. The molecule has 30 heavy (non-hydrogen) atoms. The molecule has 0 saturated heterocycles. The first-order chi connectivity index (χ1) is 14.5. The van der Waals surface area contributed by atoms with Gasteiger partial charge in [0.1, 0.15) is 28.1 Å². The topological polar surface area (TPSA) is 89.1 Å². The number of methoxy groups -OCH3 is 2. The van der Waals surface area contributed by atoms with Gasteiger partial charge in [-0.05, 0) is 24.8 Å². The van der Waals surface area contributed by atoms with Crippen molar-refractivity contribution in [3.8, 4) is 23.0 Å². The zero-order chi connectivity index (χ0) is 21.3. The van der Waals surface area contributed by atoms with Crippen molar-refractivity contribution in [2.75, 3.05) is 14.2 Å². The molecule has 0 saturated carbocycles. The average Bonchev–Trinajstić information content (AvgIpc) is 2.75. The Balaban J connectivity index is 1.87. The van der Waals surface area contributed by atoms with Gasteiger partial charge in [-0.15, -0.1) is 0 Å². The number of aromatic hydroxyl groups is 2. The predicted octanol–water partition coefficient (Wildman–Crippen LogP) is 4.55. The molecule has 0 aliphatic rings. The van der Waals surface area contributed by atoms with Gasteiger partial charge >= 0.3 is 0 Å². The van der Waals surface area contributed by atoms with Crippen molar-refractivity contribution in [3.63, 3.8) is 0 Å². The Kier molecular flexibility index (Phi) is 5.23. The van der Waals surface area contributed by atoms with Crippen molar-refractivity contribution < 1.29 is 24.1 Å². The SMILES string of the molecule is COc1cc(O)c2c(=O)c3c(CCCc4ccccc4)c(O)c(OC)cc3oc2c1. The fourth-order valence-corrected chi connectivity index (χ4v) is 3.76. The Bertz CT molecular complexity index is 1270. The zero-order valence-corrected chi connectivity index (χ0v) is 16.8. The van der Waals surface area contributed by atoms with Gasteiger partial charge in [0.15, 0.2) is 11.5 Å². The summed E-state index contributed by atoms with van der Waals surface area (Å²) < 4.78 is 16.4. The second kappa shape index (κ2) is 7.99. The largest absolute Gasteiger partial charge is 0.507 e. The zero-order valence-electron chi connectivity index (χ0n) is 16.8. The lowest BCUT2D eigenvalue weighted by Crippen LogP contribution is -2.07. The van der Waals surface area contributed by atoms with Gasteiger partial charge in [-0.3, -0.25) is 4.79 Å². The standard InChI is InChI=1S/C24H22O6/c1-28-15-11-17(25)22-18(12-15)30-19-13-20(29-2)23(26)16(21(19)24(22)27)10-6-9-14-7-4-3-5-8-14/h3-5,7-8,11-13,25-26H,6,9-10H2,1-2H3. The van der Waals surface area contributed by atoms with Crippen LogP contribution in [0.5, 0.6) is 23.0 Å². The molecular formula is C24H22O6. The first-order valence-corrected chi connectivity index (χ1v) is 9.63. The Hall–Kier alpha value is -3.67. The molecule has 0 bridgehead atoms. The van der Waals surface area contributed by atoms with Gasteiger partial charge in [-0.1, -0.05) is 30.3 Å². The molecule has 1 heterocycles. The molecule has 6 nitrogen and oxygen atoms in total. The fraction of sp³-hybridized carbons (Fsp3) is 0.208. The highest BCUT2D eigenvalue weighted by atomic mass is 16.5. The van der Waals surface area contributed by atoms with E-state index in [4.69, 9.17) is 13.9 Å². The summed E-state index contributed by atoms with van der Waals surface area (Å²) in [7, 11) is 2.91. The first-order valence-electron chi connectivity index (χ1n) is 9.63. The van der Waals surface area contributed by atoms with Crippen molar-refractivity contribution in [1.29, 1.82) is 0 Å². The predicted molar refractivity (Wildman–Crippen MR) is 115 cm³/mol. The van der Waals surface area contributed by atoms with Crippen molar-refractivity contribution in [1.82, 2.24) is 0 Å². The summed E-state index contributed by atoms with van der Waals surface area (Å²) in [6, 6.07) is 14.4. The van der Waals surface area contributed by atoms with Crippen molar-refractivity contribution >= 4 is 21.9 Å². The highest BCUT2D eigenvalue weighted by molar-refractivity contribution is 5.96. The summed E-state index contributed by atoms with van der Waals surface area (Å²) in [6.45, 7) is 0. The highest BCUT2D eigenvalue weighted by Gasteiger charge is 2.21. The molecule has 0 amide bonds. The molecule has 6 heteroatoms. The summed E-state index contributed by atoms with van der Waals surface area (Å²) >= 11 is 0. The molecule has 2 N–H and O–H groups in total. The number of phenolic OH excluding ortho intramolecular Hbond substituents is 2. The van der Waals surface area contributed by atoms with E-state index >= 15 is 0 Å². The lowest BCUT2D eigenvalue weighted by atomic mass is 9.98. The van der Waals surface area contributed by atoms with Crippen LogP contribution in [-0.4, -0.2) is 24.4 Å². The van der Waals surface area contributed by atoms with E-state index in [9.17, 15) is 15.0 Å². The normalized spacial score (nSPS) is 11.1. The molecule has 154 valence electrons. The van der Waals surface area contributed by atoms with Crippen LogP contribution in [0.15, 0.2) is 57.7 Å². The molecule has 3 aromatic carbocycles. The second-order valence-electron chi connectivity index (χ2n) is 7.07. The van der Waals surface area contributed by atoms with E-state index in [0.29, 0.717) is 24.2 Å². The maximum Gasteiger partial charge on any atom is 0.204 e. The Morgan fingerprint density at radius 2 is 1.63 bits per heavy atom. The van der Waals surface area contributed by atoms with E-state index in [1.54, 1.807) is 6.07 Å². The van der Waals surface area contributed by atoms with Crippen LogP contribution < -0.4 is 14.9 Å². The Morgan fingerprint density at radius 1 is 0.900 bits per heavy atom. The summed E-state index contributed by atoms with van der Waals surface area (Å²) in [5, 5.41) is 21.4. The van der Waals surface area contributed by atoms with Gasteiger partial charge in [-0.2, -0.15) is 0 Å². The van der Waals surface area contributed by atoms with Crippen molar-refractivity contribution in [2.24, 2.45) is 0 Å². The number of benzene rings is 3. The molecule has 0 radical (unpaired) electrons. The van der Waals surface area contributed by atoms with Crippen LogP contribution in [0.4, 0.5) is 0 Å². The molecule has 0 fully saturated rings. The van der Waals surface area contributed by atoms with Gasteiger partial charge in [-0.25, -0.2) is 0 Å². The van der Waals surface area contributed by atoms with Gasteiger partial charge in [0.2, 0.25) is 5.43 Å². The monoisotopic (exact) mass is 406 g/mol. The number of aryl methyl sites for hydroxylation is 2. The number of rotatable bonds is 6. The van der Waals surface area contributed by atoms with Gasteiger partial charge in [0.25, 0.3) is 0 Å². The van der Waals surface area contributed by atoms with Crippen LogP contribution in [0.1, 0.15) is 17.5 Å². The van der Waals surface area contributed by atoms with Gasteiger partial charge in [0.05, 0.1) is 19.6 Å². The maximum absolute atomic E-state index is 13.3. The molecule has 0 spiro atoms. The third-order valence-electron chi connectivity index (χ3n) is 5.25. The molecule has 0 aliphatic heterocycles. The van der Waals surface area contributed by atoms with Crippen LogP contribution in [0.3, 0.4) is 0 Å². The minimum Gasteiger partial charge on any atom is -0.507 e. The van der Waals surface area contributed by atoms with Crippen LogP contribution >= 0.6 is 0 Å². The van der Waals surface area contributed by atoms with Crippen LogP contribution in [0.2, 0.25) is 0 Å². The van der Waals surface area contributed by atoms with E-state index in [-0.39, 0.29) is 39.2 Å². The quantitative estimate of drug-likeness (QED) is 0.457. The maximum atomic E-state index is 13.3. The second-order valence-corrected chi connectivity index (χ2v) is 7.07. The molecule has 4 aromatic rings. The van der Waals surface area contributed by atoms with E-state index in [2.05, 4.69) is 0 Å². The number of phenols is 2. The Morgan fingerprint density at radius 3 is 2.33 bits per heavy atom. The summed E-state index contributed by atoms with van der Waals surface area (Å²) in [6.07, 6.45) is 1.95. The smallest absolute Gasteiger partial charge is 0.204 e.